The van der Waals surface area contributed by atoms with Gasteiger partial charge in [0, 0.05) is 24.8 Å². The summed E-state index contributed by atoms with van der Waals surface area (Å²) in [7, 11) is 0. The zero-order chi connectivity index (χ0) is 10.3. The van der Waals surface area contributed by atoms with E-state index < -0.39 is 0 Å². The van der Waals surface area contributed by atoms with Crippen molar-refractivity contribution in [3.63, 3.8) is 0 Å². The van der Waals surface area contributed by atoms with Crippen LogP contribution in [0.5, 0.6) is 0 Å². The maximum absolute atomic E-state index is 11.9. The highest BCUT2D eigenvalue weighted by Crippen LogP contribution is 2.16. The number of H-pyrrole nitrogens is 1. The van der Waals surface area contributed by atoms with Crippen LogP contribution in [0.15, 0.2) is 0 Å². The first kappa shape index (κ1) is 9.21. The van der Waals surface area contributed by atoms with Gasteiger partial charge in [0.05, 0.1) is 11.3 Å². The number of aryl methyl sites for hydroxylation is 2. The summed E-state index contributed by atoms with van der Waals surface area (Å²) in [4.78, 5) is 13.6. The Balaban J connectivity index is 2.19. The van der Waals surface area contributed by atoms with E-state index in [4.69, 9.17) is 5.73 Å². The highest BCUT2D eigenvalue weighted by Gasteiger charge is 2.30. The molecule has 3 N–H and O–H groups in total. The number of nitrogens with two attached hydrogens (primary N) is 1. The molecule has 2 rings (SSSR count). The molecule has 1 aliphatic heterocycles. The molecule has 1 amide bonds. The Kier molecular flexibility index (Phi) is 2.03. The molecule has 14 heavy (non-hydrogen) atoms. The molecule has 0 spiro atoms. The number of carbonyl (C=O) groups excluding carboxylic acids is 1. The van der Waals surface area contributed by atoms with Gasteiger partial charge in [-0.3, -0.25) is 9.89 Å². The normalized spacial score (nSPS) is 16.9. The highest BCUT2D eigenvalue weighted by molar-refractivity contribution is 5.96. The first-order valence-corrected chi connectivity index (χ1v) is 4.66. The van der Waals surface area contributed by atoms with Crippen LogP contribution in [0, 0.1) is 13.8 Å². The topological polar surface area (TPSA) is 75.0 Å². The number of likely N-dealkylation sites (tertiary alicyclic amines) is 1. The number of hydrogen-bond acceptors (Lipinski definition) is 3. The van der Waals surface area contributed by atoms with Gasteiger partial charge in [-0.05, 0) is 13.8 Å². The van der Waals surface area contributed by atoms with Gasteiger partial charge < -0.3 is 10.6 Å². The molecular weight excluding hydrogens is 180 g/mol. The van der Waals surface area contributed by atoms with Gasteiger partial charge in [0.1, 0.15) is 0 Å². The molecule has 0 unspecified atom stereocenters. The van der Waals surface area contributed by atoms with Crippen LogP contribution in [0.25, 0.3) is 0 Å². The molecule has 1 saturated heterocycles. The van der Waals surface area contributed by atoms with Crippen LogP contribution in [-0.2, 0) is 0 Å². The summed E-state index contributed by atoms with van der Waals surface area (Å²) in [5.74, 6) is 0.0375. The van der Waals surface area contributed by atoms with E-state index >= 15 is 0 Å². The number of nitrogens with zero attached hydrogens (tertiary/aromatic N) is 2. The van der Waals surface area contributed by atoms with Gasteiger partial charge in [-0.2, -0.15) is 5.10 Å². The molecule has 1 fully saturated rings. The lowest BCUT2D eigenvalue weighted by atomic mass is 10.1. The third-order valence-corrected chi connectivity index (χ3v) is 2.54. The number of aromatic nitrogens is 2. The third-order valence-electron chi connectivity index (χ3n) is 2.54. The summed E-state index contributed by atoms with van der Waals surface area (Å²) in [6, 6.07) is 0.145. The molecule has 5 nitrogen and oxygen atoms in total. The lowest BCUT2D eigenvalue weighted by molar-refractivity contribution is 0.0606. The minimum atomic E-state index is 0.0375. The Labute approximate surface area is 82.3 Å². The third kappa shape index (κ3) is 1.29. The Morgan fingerprint density at radius 1 is 1.57 bits per heavy atom. The monoisotopic (exact) mass is 194 g/mol. The zero-order valence-electron chi connectivity index (χ0n) is 8.37. The van der Waals surface area contributed by atoms with Gasteiger partial charge in [-0.25, -0.2) is 0 Å². The van der Waals surface area contributed by atoms with Crippen molar-refractivity contribution in [2.75, 3.05) is 13.1 Å². The van der Waals surface area contributed by atoms with Crippen molar-refractivity contribution in [1.82, 2.24) is 15.1 Å². The summed E-state index contributed by atoms with van der Waals surface area (Å²) in [5.41, 5.74) is 7.89. The Morgan fingerprint density at radius 3 is 2.64 bits per heavy atom. The van der Waals surface area contributed by atoms with Crippen LogP contribution in [0.2, 0.25) is 0 Å². The first-order valence-electron chi connectivity index (χ1n) is 4.66. The Hall–Kier alpha value is -1.36. The maximum Gasteiger partial charge on any atom is 0.257 e. The van der Waals surface area contributed by atoms with Gasteiger partial charge in [-0.1, -0.05) is 0 Å². The first-order chi connectivity index (χ1) is 6.59. The molecule has 0 saturated carbocycles. The molecule has 1 aromatic heterocycles. The summed E-state index contributed by atoms with van der Waals surface area (Å²) in [6.45, 7) is 5.00. The summed E-state index contributed by atoms with van der Waals surface area (Å²) in [5, 5.41) is 6.80. The van der Waals surface area contributed by atoms with Crippen molar-refractivity contribution in [3.8, 4) is 0 Å². The van der Waals surface area contributed by atoms with Crippen molar-refractivity contribution >= 4 is 5.91 Å². The molecule has 0 bridgehead atoms. The zero-order valence-corrected chi connectivity index (χ0v) is 8.37. The molecule has 1 aromatic rings. The van der Waals surface area contributed by atoms with Crippen LogP contribution < -0.4 is 5.73 Å². The minimum absolute atomic E-state index is 0.0375. The molecule has 1 aliphatic rings. The van der Waals surface area contributed by atoms with Gasteiger partial charge in [-0.15, -0.1) is 0 Å². The van der Waals surface area contributed by atoms with Gasteiger partial charge in [0.2, 0.25) is 0 Å². The van der Waals surface area contributed by atoms with Crippen LogP contribution >= 0.6 is 0 Å². The van der Waals surface area contributed by atoms with Crippen molar-refractivity contribution in [3.05, 3.63) is 17.0 Å². The fourth-order valence-corrected chi connectivity index (χ4v) is 1.70. The molecule has 0 atom stereocenters. The second kappa shape index (κ2) is 3.09. The van der Waals surface area contributed by atoms with E-state index in [0.29, 0.717) is 18.7 Å². The lowest BCUT2D eigenvalue weighted by Gasteiger charge is -2.36. The summed E-state index contributed by atoms with van der Waals surface area (Å²) in [6.07, 6.45) is 0. The van der Waals surface area contributed by atoms with Crippen LogP contribution in [0.3, 0.4) is 0 Å². The molecule has 0 radical (unpaired) electrons. The van der Waals surface area contributed by atoms with Crippen molar-refractivity contribution < 1.29 is 4.79 Å². The minimum Gasteiger partial charge on any atom is -0.335 e. The van der Waals surface area contributed by atoms with Crippen molar-refractivity contribution in [1.29, 1.82) is 0 Å². The number of nitrogens with one attached hydrogen (secondary N) is 1. The predicted molar refractivity (Wildman–Crippen MR) is 51.9 cm³/mol. The highest BCUT2D eigenvalue weighted by atomic mass is 16.2. The predicted octanol–water partition coefficient (Wildman–Crippen LogP) is -0.190. The van der Waals surface area contributed by atoms with E-state index in [-0.39, 0.29) is 11.9 Å². The second-order valence-electron chi connectivity index (χ2n) is 3.78. The van der Waals surface area contributed by atoms with Crippen LogP contribution in [-0.4, -0.2) is 40.1 Å². The second-order valence-corrected chi connectivity index (χ2v) is 3.78. The smallest absolute Gasteiger partial charge is 0.257 e. The molecule has 2 heterocycles. The van der Waals surface area contributed by atoms with E-state index in [1.165, 1.54) is 0 Å². The molecular formula is C9H14N4O. The van der Waals surface area contributed by atoms with E-state index in [9.17, 15) is 4.79 Å². The summed E-state index contributed by atoms with van der Waals surface area (Å²) >= 11 is 0. The molecule has 76 valence electrons. The molecule has 0 aliphatic carbocycles. The average Bonchev–Trinajstić information content (AvgIpc) is 2.40. The Bertz CT molecular complexity index is 345. The fourth-order valence-electron chi connectivity index (χ4n) is 1.70. The Morgan fingerprint density at radius 2 is 2.21 bits per heavy atom. The van der Waals surface area contributed by atoms with Crippen molar-refractivity contribution in [2.45, 2.75) is 19.9 Å². The quantitative estimate of drug-likeness (QED) is 0.650. The number of rotatable bonds is 1. The van der Waals surface area contributed by atoms with Gasteiger partial charge in [0.15, 0.2) is 0 Å². The molecule has 5 heteroatoms. The van der Waals surface area contributed by atoms with E-state index in [0.717, 1.165) is 11.4 Å². The number of aromatic amines is 1. The van der Waals surface area contributed by atoms with Gasteiger partial charge >= 0.3 is 0 Å². The summed E-state index contributed by atoms with van der Waals surface area (Å²) < 4.78 is 0. The molecule has 0 aromatic carbocycles. The van der Waals surface area contributed by atoms with E-state index in [1.807, 2.05) is 13.8 Å². The number of hydrogen-bond donors (Lipinski definition) is 2. The van der Waals surface area contributed by atoms with E-state index in [2.05, 4.69) is 10.2 Å². The fraction of sp³-hybridized carbons (Fsp3) is 0.556. The van der Waals surface area contributed by atoms with E-state index in [1.54, 1.807) is 4.90 Å². The standard InChI is InChI=1S/C9H14N4O/c1-5-8(6(2)12-11-5)9(14)13-3-7(10)4-13/h7H,3-4,10H2,1-2H3,(H,11,12). The average molecular weight is 194 g/mol. The SMILES string of the molecule is Cc1n[nH]c(C)c1C(=O)N1CC(N)C1. The van der Waals surface area contributed by atoms with Gasteiger partial charge in [0.25, 0.3) is 5.91 Å². The largest absolute Gasteiger partial charge is 0.335 e. The van der Waals surface area contributed by atoms with Crippen LogP contribution in [0.1, 0.15) is 21.7 Å². The number of amides is 1. The van der Waals surface area contributed by atoms with Crippen molar-refractivity contribution in [2.24, 2.45) is 5.73 Å². The number of carbonyl (C=O) groups is 1. The van der Waals surface area contributed by atoms with Crippen LogP contribution in [0.4, 0.5) is 0 Å². The maximum atomic E-state index is 11.9. The lowest BCUT2D eigenvalue weighted by Crippen LogP contribution is -2.57.